The summed E-state index contributed by atoms with van der Waals surface area (Å²) >= 11 is 0. The predicted molar refractivity (Wildman–Crippen MR) is 85.4 cm³/mol. The van der Waals surface area contributed by atoms with Crippen LogP contribution in [0.15, 0.2) is 34.1 Å². The molecule has 0 radical (unpaired) electrons. The highest BCUT2D eigenvalue weighted by Gasteiger charge is 2.32. The van der Waals surface area contributed by atoms with Gasteiger partial charge >= 0.3 is 0 Å². The number of sulfonamides is 1. The van der Waals surface area contributed by atoms with E-state index in [1.165, 1.54) is 22.5 Å². The van der Waals surface area contributed by atoms with Crippen LogP contribution in [0.4, 0.5) is 4.39 Å². The zero-order chi connectivity index (χ0) is 16.6. The summed E-state index contributed by atoms with van der Waals surface area (Å²) < 4.78 is 41.7. The van der Waals surface area contributed by atoms with E-state index in [1.54, 1.807) is 0 Å². The van der Waals surface area contributed by atoms with Crippen LogP contribution in [0.25, 0.3) is 10.8 Å². The molecule has 0 saturated carbocycles. The normalized spacial score (nSPS) is 20.5. The van der Waals surface area contributed by atoms with E-state index in [4.69, 9.17) is 0 Å². The third-order valence-corrected chi connectivity index (χ3v) is 6.15. The largest absolute Gasteiger partial charge is 0.326 e. The van der Waals surface area contributed by atoms with Crippen LogP contribution in [-0.2, 0) is 10.0 Å². The molecule has 0 amide bonds. The first kappa shape index (κ1) is 16.1. The van der Waals surface area contributed by atoms with Crippen molar-refractivity contribution in [3.8, 4) is 0 Å². The molecule has 2 N–H and O–H groups in total. The molecule has 23 heavy (non-hydrogen) atoms. The number of H-pyrrole nitrogens is 1. The zero-order valence-electron chi connectivity index (χ0n) is 12.7. The first-order chi connectivity index (χ1) is 10.9. The SMILES string of the molecule is C[C@H]1CNCCCN1S(=O)(=O)c1cccc2c(=O)[nH]cc(F)c12. The van der Waals surface area contributed by atoms with E-state index in [0.29, 0.717) is 19.5 Å². The van der Waals surface area contributed by atoms with Gasteiger partial charge in [-0.1, -0.05) is 6.07 Å². The van der Waals surface area contributed by atoms with Gasteiger partial charge in [-0.05, 0) is 32.0 Å². The highest BCUT2D eigenvalue weighted by atomic mass is 32.2. The van der Waals surface area contributed by atoms with Gasteiger partial charge in [-0.2, -0.15) is 4.31 Å². The molecule has 0 aliphatic carbocycles. The summed E-state index contributed by atoms with van der Waals surface area (Å²) in [4.78, 5) is 14.0. The average Bonchev–Trinajstić information content (AvgIpc) is 2.75. The standard InChI is InChI=1S/C15H18FN3O3S/c1-10-8-17-6-3-7-19(10)23(21,22)13-5-2-4-11-14(13)12(16)9-18-15(11)20/h2,4-5,9-10,17H,3,6-8H2,1H3,(H,18,20)/t10-/m0/s1. The Balaban J connectivity index is 2.23. The second-order valence-corrected chi connectivity index (χ2v) is 7.53. The van der Waals surface area contributed by atoms with Crippen molar-refractivity contribution in [3.63, 3.8) is 0 Å². The molecular weight excluding hydrogens is 321 g/mol. The first-order valence-corrected chi connectivity index (χ1v) is 8.89. The Labute approximate surface area is 133 Å². The fourth-order valence-electron chi connectivity index (χ4n) is 2.94. The molecule has 1 aromatic heterocycles. The summed E-state index contributed by atoms with van der Waals surface area (Å²) in [6.45, 7) is 3.44. The molecule has 1 aliphatic heterocycles. The van der Waals surface area contributed by atoms with Crippen LogP contribution < -0.4 is 10.9 Å². The lowest BCUT2D eigenvalue weighted by Crippen LogP contribution is -2.41. The topological polar surface area (TPSA) is 82.3 Å². The molecule has 1 fully saturated rings. The van der Waals surface area contributed by atoms with E-state index in [2.05, 4.69) is 10.3 Å². The molecule has 3 rings (SSSR count). The third kappa shape index (κ3) is 2.77. The third-order valence-electron chi connectivity index (χ3n) is 4.09. The number of hydrogen-bond donors (Lipinski definition) is 2. The maximum absolute atomic E-state index is 14.2. The Hall–Kier alpha value is -1.77. The van der Waals surface area contributed by atoms with Crippen molar-refractivity contribution in [1.29, 1.82) is 0 Å². The van der Waals surface area contributed by atoms with Crippen LogP contribution in [0.1, 0.15) is 13.3 Å². The lowest BCUT2D eigenvalue weighted by atomic mass is 10.2. The molecule has 124 valence electrons. The van der Waals surface area contributed by atoms with Crippen LogP contribution in [0, 0.1) is 5.82 Å². The van der Waals surface area contributed by atoms with E-state index in [9.17, 15) is 17.6 Å². The predicted octanol–water partition coefficient (Wildman–Crippen LogP) is 1.04. The molecule has 1 atom stereocenters. The van der Waals surface area contributed by atoms with Crippen molar-refractivity contribution in [2.24, 2.45) is 0 Å². The summed E-state index contributed by atoms with van der Waals surface area (Å²) in [5.74, 6) is -0.751. The molecule has 1 saturated heterocycles. The van der Waals surface area contributed by atoms with Gasteiger partial charge in [0.25, 0.3) is 5.56 Å². The molecular formula is C15H18FN3O3S. The highest BCUT2D eigenvalue weighted by Crippen LogP contribution is 2.27. The average molecular weight is 339 g/mol. The smallest absolute Gasteiger partial charge is 0.256 e. The number of halogens is 1. The molecule has 0 spiro atoms. The summed E-state index contributed by atoms with van der Waals surface area (Å²) in [7, 11) is -3.90. The number of pyridine rings is 1. The lowest BCUT2D eigenvalue weighted by Gasteiger charge is -2.26. The second-order valence-electron chi connectivity index (χ2n) is 5.67. The van der Waals surface area contributed by atoms with Gasteiger partial charge in [0.05, 0.1) is 10.3 Å². The maximum Gasteiger partial charge on any atom is 0.256 e. The van der Waals surface area contributed by atoms with E-state index in [-0.39, 0.29) is 21.7 Å². The summed E-state index contributed by atoms with van der Waals surface area (Å²) in [5, 5.41) is 3.05. The van der Waals surface area contributed by atoms with Gasteiger partial charge in [-0.25, -0.2) is 12.8 Å². The maximum atomic E-state index is 14.2. The van der Waals surface area contributed by atoms with Crippen LogP contribution in [-0.4, -0.2) is 43.4 Å². The highest BCUT2D eigenvalue weighted by molar-refractivity contribution is 7.89. The van der Waals surface area contributed by atoms with Crippen LogP contribution in [0.5, 0.6) is 0 Å². The van der Waals surface area contributed by atoms with Crippen LogP contribution >= 0.6 is 0 Å². The van der Waals surface area contributed by atoms with E-state index in [0.717, 1.165) is 12.7 Å². The number of aromatic amines is 1. The fraction of sp³-hybridized carbons (Fsp3) is 0.400. The molecule has 0 unspecified atom stereocenters. The van der Waals surface area contributed by atoms with Crippen molar-refractivity contribution in [3.05, 3.63) is 40.6 Å². The molecule has 6 nitrogen and oxygen atoms in total. The quantitative estimate of drug-likeness (QED) is 0.856. The van der Waals surface area contributed by atoms with Gasteiger partial charge in [-0.15, -0.1) is 0 Å². The second kappa shape index (κ2) is 6.03. The van der Waals surface area contributed by atoms with Crippen molar-refractivity contribution in [2.45, 2.75) is 24.3 Å². The van der Waals surface area contributed by atoms with E-state index >= 15 is 0 Å². The Kier molecular flexibility index (Phi) is 4.22. The summed E-state index contributed by atoms with van der Waals surface area (Å²) in [6.07, 6.45) is 1.58. The molecule has 1 aliphatic rings. The number of rotatable bonds is 2. The first-order valence-electron chi connectivity index (χ1n) is 7.45. The van der Waals surface area contributed by atoms with Crippen molar-refractivity contribution in [2.75, 3.05) is 19.6 Å². The van der Waals surface area contributed by atoms with E-state index in [1.807, 2.05) is 6.92 Å². The van der Waals surface area contributed by atoms with Gasteiger partial charge < -0.3 is 10.3 Å². The number of hydrogen-bond acceptors (Lipinski definition) is 4. The summed E-state index contributed by atoms with van der Waals surface area (Å²) in [6, 6.07) is 3.99. The van der Waals surface area contributed by atoms with Crippen molar-refractivity contribution >= 4 is 20.8 Å². The number of fused-ring (bicyclic) bond motifs is 1. The molecule has 2 aromatic rings. The van der Waals surface area contributed by atoms with Gasteiger partial charge in [-0.3, -0.25) is 4.79 Å². The van der Waals surface area contributed by atoms with Crippen molar-refractivity contribution in [1.82, 2.24) is 14.6 Å². The minimum atomic E-state index is -3.90. The van der Waals surface area contributed by atoms with Crippen LogP contribution in [0.2, 0.25) is 0 Å². The Morgan fingerprint density at radius 3 is 2.91 bits per heavy atom. The molecule has 8 heteroatoms. The van der Waals surface area contributed by atoms with Gasteiger partial charge in [0, 0.05) is 30.7 Å². The fourth-order valence-corrected chi connectivity index (χ4v) is 4.82. The number of benzene rings is 1. The monoisotopic (exact) mass is 339 g/mol. The minimum Gasteiger partial charge on any atom is -0.326 e. The Morgan fingerprint density at radius 2 is 2.13 bits per heavy atom. The lowest BCUT2D eigenvalue weighted by molar-refractivity contribution is 0.353. The number of aromatic nitrogens is 1. The van der Waals surface area contributed by atoms with Gasteiger partial charge in [0.1, 0.15) is 5.82 Å². The number of nitrogens with zero attached hydrogens (tertiary/aromatic N) is 1. The van der Waals surface area contributed by atoms with Gasteiger partial charge in [0.15, 0.2) is 0 Å². The summed E-state index contributed by atoms with van der Waals surface area (Å²) in [5.41, 5.74) is -0.510. The Morgan fingerprint density at radius 1 is 1.35 bits per heavy atom. The van der Waals surface area contributed by atoms with Crippen molar-refractivity contribution < 1.29 is 12.8 Å². The minimum absolute atomic E-state index is 0.0340. The van der Waals surface area contributed by atoms with E-state index < -0.39 is 21.4 Å². The molecule has 0 bridgehead atoms. The molecule has 2 heterocycles. The van der Waals surface area contributed by atoms with Gasteiger partial charge in [0.2, 0.25) is 10.0 Å². The zero-order valence-corrected chi connectivity index (χ0v) is 13.5. The molecule has 1 aromatic carbocycles. The van der Waals surface area contributed by atoms with Crippen LogP contribution in [0.3, 0.4) is 0 Å². The number of nitrogens with one attached hydrogen (secondary N) is 2. The Bertz CT molecular complexity index is 894.